The maximum Gasteiger partial charge on any atom is 0.237 e. The van der Waals surface area contributed by atoms with Crippen LogP contribution in [0.4, 0.5) is 5.69 Å². The Morgan fingerprint density at radius 3 is 2.83 bits per heavy atom. The van der Waals surface area contributed by atoms with Gasteiger partial charge in [-0.25, -0.2) is 9.97 Å². The van der Waals surface area contributed by atoms with E-state index in [9.17, 15) is 4.79 Å². The van der Waals surface area contributed by atoms with Crippen molar-refractivity contribution in [2.45, 2.75) is 17.2 Å². The maximum absolute atomic E-state index is 12.8. The SMILES string of the molecule is C[C@@H](Sc1ncnc2scc(-c3ccccc3)c12)C(=O)Nc1ccc2c(c1)OCO2. The van der Waals surface area contributed by atoms with Gasteiger partial charge in [0.25, 0.3) is 0 Å². The number of amides is 1. The Kier molecular flexibility index (Phi) is 5.02. The zero-order chi connectivity index (χ0) is 20.5. The monoisotopic (exact) mass is 435 g/mol. The van der Waals surface area contributed by atoms with Crippen molar-refractivity contribution in [2.24, 2.45) is 0 Å². The molecule has 0 saturated heterocycles. The van der Waals surface area contributed by atoms with E-state index >= 15 is 0 Å². The highest BCUT2D eigenvalue weighted by molar-refractivity contribution is 8.00. The highest BCUT2D eigenvalue weighted by Crippen LogP contribution is 2.39. The molecule has 8 heteroatoms. The van der Waals surface area contributed by atoms with E-state index in [0.717, 1.165) is 26.4 Å². The number of anilines is 1. The van der Waals surface area contributed by atoms with E-state index in [2.05, 4.69) is 32.8 Å². The van der Waals surface area contributed by atoms with Crippen LogP contribution in [0, 0.1) is 0 Å². The smallest absolute Gasteiger partial charge is 0.237 e. The lowest BCUT2D eigenvalue weighted by Gasteiger charge is -2.13. The number of carbonyl (C=O) groups excluding carboxylic acids is 1. The van der Waals surface area contributed by atoms with Crippen LogP contribution in [0.15, 0.2) is 65.3 Å². The van der Waals surface area contributed by atoms with Gasteiger partial charge in [-0.2, -0.15) is 0 Å². The highest BCUT2D eigenvalue weighted by Gasteiger charge is 2.21. The van der Waals surface area contributed by atoms with Gasteiger partial charge in [-0.15, -0.1) is 11.3 Å². The fraction of sp³-hybridized carbons (Fsp3) is 0.136. The number of thiophene rings is 1. The molecule has 5 rings (SSSR count). The van der Waals surface area contributed by atoms with Gasteiger partial charge in [0.05, 0.1) is 10.6 Å². The van der Waals surface area contributed by atoms with E-state index in [1.54, 1.807) is 35.9 Å². The summed E-state index contributed by atoms with van der Waals surface area (Å²) in [7, 11) is 0. The largest absolute Gasteiger partial charge is 0.454 e. The molecule has 1 atom stereocenters. The van der Waals surface area contributed by atoms with E-state index in [1.807, 2.05) is 25.1 Å². The minimum atomic E-state index is -0.350. The van der Waals surface area contributed by atoms with Crippen LogP contribution in [-0.4, -0.2) is 27.9 Å². The lowest BCUT2D eigenvalue weighted by molar-refractivity contribution is -0.115. The summed E-state index contributed by atoms with van der Waals surface area (Å²) in [4.78, 5) is 22.6. The Labute approximate surface area is 181 Å². The third-order valence-corrected chi connectivity index (χ3v) is 6.70. The first-order chi connectivity index (χ1) is 14.7. The van der Waals surface area contributed by atoms with E-state index in [-0.39, 0.29) is 18.0 Å². The molecule has 1 aliphatic heterocycles. The predicted molar refractivity (Wildman–Crippen MR) is 119 cm³/mol. The first-order valence-corrected chi connectivity index (χ1v) is 11.1. The first kappa shape index (κ1) is 18.9. The number of aromatic nitrogens is 2. The van der Waals surface area contributed by atoms with Gasteiger partial charge in [0.2, 0.25) is 12.7 Å². The van der Waals surface area contributed by atoms with E-state index < -0.39 is 0 Å². The standard InChI is InChI=1S/C22H17N3O3S2/c1-13(20(26)25-15-7-8-17-18(9-15)28-12-27-17)30-22-19-16(14-5-3-2-4-6-14)10-29-21(19)23-11-24-22/h2-11,13H,12H2,1H3,(H,25,26)/t13-/m1/s1. The van der Waals surface area contributed by atoms with Crippen molar-refractivity contribution in [2.75, 3.05) is 12.1 Å². The summed E-state index contributed by atoms with van der Waals surface area (Å²) in [5.41, 5.74) is 2.87. The van der Waals surface area contributed by atoms with E-state index in [0.29, 0.717) is 17.2 Å². The van der Waals surface area contributed by atoms with Crippen LogP contribution in [0.1, 0.15) is 6.92 Å². The third-order valence-electron chi connectivity index (χ3n) is 4.72. The number of rotatable bonds is 5. The molecule has 0 bridgehead atoms. The summed E-state index contributed by atoms with van der Waals surface area (Å²) in [6, 6.07) is 15.5. The molecule has 2 aromatic heterocycles. The summed E-state index contributed by atoms with van der Waals surface area (Å²) < 4.78 is 10.7. The van der Waals surface area contributed by atoms with Crippen LogP contribution in [0.5, 0.6) is 11.5 Å². The number of thioether (sulfide) groups is 1. The average Bonchev–Trinajstić information content (AvgIpc) is 3.41. The Bertz CT molecular complexity index is 1230. The summed E-state index contributed by atoms with van der Waals surface area (Å²) >= 11 is 3.01. The molecule has 1 aliphatic rings. The topological polar surface area (TPSA) is 73.3 Å². The molecule has 1 amide bonds. The Hall–Kier alpha value is -3.10. The van der Waals surface area contributed by atoms with Crippen molar-refractivity contribution >= 4 is 44.9 Å². The number of carbonyl (C=O) groups is 1. The van der Waals surface area contributed by atoms with E-state index in [1.165, 1.54) is 11.8 Å². The molecule has 0 unspecified atom stereocenters. The fourth-order valence-electron chi connectivity index (χ4n) is 3.21. The maximum atomic E-state index is 12.8. The number of ether oxygens (including phenoxy) is 2. The van der Waals surface area contributed by atoms with E-state index in [4.69, 9.17) is 9.47 Å². The molecule has 2 aromatic carbocycles. The van der Waals surface area contributed by atoms with Crippen molar-refractivity contribution in [3.63, 3.8) is 0 Å². The van der Waals surface area contributed by atoms with Crippen molar-refractivity contribution in [3.8, 4) is 22.6 Å². The number of hydrogen-bond donors (Lipinski definition) is 1. The van der Waals surface area contributed by atoms with Gasteiger partial charge in [0, 0.05) is 22.7 Å². The summed E-state index contributed by atoms with van der Waals surface area (Å²) in [6.45, 7) is 2.07. The van der Waals surface area contributed by atoms with Crippen LogP contribution >= 0.6 is 23.1 Å². The molecular weight excluding hydrogens is 418 g/mol. The molecule has 0 fully saturated rings. The van der Waals surface area contributed by atoms with Gasteiger partial charge >= 0.3 is 0 Å². The minimum Gasteiger partial charge on any atom is -0.454 e. The molecule has 150 valence electrons. The number of nitrogens with one attached hydrogen (secondary N) is 1. The zero-order valence-corrected chi connectivity index (χ0v) is 17.6. The minimum absolute atomic E-state index is 0.109. The molecule has 30 heavy (non-hydrogen) atoms. The molecule has 0 spiro atoms. The first-order valence-electron chi connectivity index (χ1n) is 9.34. The van der Waals surface area contributed by atoms with Gasteiger partial charge in [-0.3, -0.25) is 4.79 Å². The van der Waals surface area contributed by atoms with Gasteiger partial charge in [-0.05, 0) is 24.6 Å². The van der Waals surface area contributed by atoms with Crippen LogP contribution in [0.25, 0.3) is 21.3 Å². The molecule has 0 aliphatic carbocycles. The lowest BCUT2D eigenvalue weighted by atomic mass is 10.1. The van der Waals surface area contributed by atoms with Gasteiger partial charge < -0.3 is 14.8 Å². The molecule has 3 heterocycles. The van der Waals surface area contributed by atoms with Gasteiger partial charge in [0.1, 0.15) is 16.2 Å². The fourth-order valence-corrected chi connectivity index (χ4v) is 5.12. The summed E-state index contributed by atoms with van der Waals surface area (Å²) in [5, 5.41) is 6.47. The average molecular weight is 436 g/mol. The second-order valence-electron chi connectivity index (χ2n) is 6.69. The number of benzene rings is 2. The third kappa shape index (κ3) is 3.59. The quantitative estimate of drug-likeness (QED) is 0.343. The molecule has 0 saturated carbocycles. The van der Waals surface area contributed by atoms with Crippen molar-refractivity contribution in [3.05, 3.63) is 60.2 Å². The Balaban J connectivity index is 1.38. The number of hydrogen-bond acceptors (Lipinski definition) is 7. The second kappa shape index (κ2) is 7.97. The summed E-state index contributed by atoms with van der Waals surface area (Å²) in [6.07, 6.45) is 1.55. The Morgan fingerprint density at radius 1 is 1.13 bits per heavy atom. The van der Waals surface area contributed by atoms with Crippen molar-refractivity contribution in [1.82, 2.24) is 9.97 Å². The van der Waals surface area contributed by atoms with Crippen molar-refractivity contribution in [1.29, 1.82) is 0 Å². The highest BCUT2D eigenvalue weighted by atomic mass is 32.2. The number of nitrogens with zero attached hydrogens (tertiary/aromatic N) is 2. The molecular formula is C22H17N3O3S2. The van der Waals surface area contributed by atoms with Crippen LogP contribution < -0.4 is 14.8 Å². The van der Waals surface area contributed by atoms with Crippen molar-refractivity contribution < 1.29 is 14.3 Å². The van der Waals surface area contributed by atoms with Gasteiger partial charge in [-0.1, -0.05) is 42.1 Å². The lowest BCUT2D eigenvalue weighted by Crippen LogP contribution is -2.22. The van der Waals surface area contributed by atoms with Crippen LogP contribution in [0.2, 0.25) is 0 Å². The normalized spacial score (nSPS) is 13.4. The zero-order valence-electron chi connectivity index (χ0n) is 16.0. The second-order valence-corrected chi connectivity index (χ2v) is 8.88. The molecule has 1 N–H and O–H groups in total. The molecule has 4 aromatic rings. The summed E-state index contributed by atoms with van der Waals surface area (Å²) in [5.74, 6) is 1.21. The van der Waals surface area contributed by atoms with Crippen LogP contribution in [-0.2, 0) is 4.79 Å². The predicted octanol–water partition coefficient (Wildman–Crippen LogP) is 5.21. The van der Waals surface area contributed by atoms with Gasteiger partial charge in [0.15, 0.2) is 11.5 Å². The number of fused-ring (bicyclic) bond motifs is 2. The van der Waals surface area contributed by atoms with Crippen LogP contribution in [0.3, 0.4) is 0 Å². The molecule has 6 nitrogen and oxygen atoms in total. The molecule has 0 radical (unpaired) electrons. The Morgan fingerprint density at radius 2 is 1.97 bits per heavy atom.